The molecule has 1 aromatic rings. The highest BCUT2D eigenvalue weighted by atomic mass is 19.1. The highest BCUT2D eigenvalue weighted by Gasteiger charge is 2.07. The van der Waals surface area contributed by atoms with Crippen molar-refractivity contribution in [3.63, 3.8) is 0 Å². The van der Waals surface area contributed by atoms with Crippen molar-refractivity contribution in [2.45, 2.75) is 6.42 Å². The summed E-state index contributed by atoms with van der Waals surface area (Å²) in [6.45, 7) is 0. The topological polar surface area (TPSA) is 66.9 Å². The van der Waals surface area contributed by atoms with Gasteiger partial charge in [-0.05, 0) is 12.1 Å². The van der Waals surface area contributed by atoms with Crippen LogP contribution < -0.4 is 5.73 Å². The first kappa shape index (κ1) is 11.7. The van der Waals surface area contributed by atoms with E-state index in [0.717, 1.165) is 12.1 Å². The molecule has 1 aromatic carbocycles. The van der Waals surface area contributed by atoms with Crippen molar-refractivity contribution < 1.29 is 13.6 Å². The zero-order chi connectivity index (χ0) is 12.1. The molecule has 0 radical (unpaired) electrons. The summed E-state index contributed by atoms with van der Waals surface area (Å²) in [5.41, 5.74) is 4.22. The third-order valence-electron chi connectivity index (χ3n) is 1.66. The van der Waals surface area contributed by atoms with Crippen molar-refractivity contribution in [2.24, 2.45) is 5.73 Å². The molecule has 0 heterocycles. The SMILES string of the molecule is N#Cc1cc(F)c(C#CCC(N)=O)cc1F. The molecule has 1 rings (SSSR count). The van der Waals surface area contributed by atoms with Gasteiger partial charge in [-0.2, -0.15) is 5.26 Å². The molecular formula is C11H6F2N2O. The molecule has 0 saturated carbocycles. The van der Waals surface area contributed by atoms with Gasteiger partial charge in [0.2, 0.25) is 5.91 Å². The summed E-state index contributed by atoms with van der Waals surface area (Å²) in [5, 5.41) is 8.43. The van der Waals surface area contributed by atoms with Gasteiger partial charge in [0.05, 0.1) is 17.5 Å². The van der Waals surface area contributed by atoms with Gasteiger partial charge in [-0.25, -0.2) is 8.78 Å². The van der Waals surface area contributed by atoms with Crippen molar-refractivity contribution in [1.82, 2.24) is 0 Å². The summed E-state index contributed by atoms with van der Waals surface area (Å²) in [4.78, 5) is 10.4. The maximum Gasteiger partial charge on any atom is 0.229 e. The zero-order valence-corrected chi connectivity index (χ0v) is 8.05. The fourth-order valence-electron chi connectivity index (χ4n) is 0.955. The summed E-state index contributed by atoms with van der Waals surface area (Å²) in [6.07, 6.45) is -0.235. The first-order valence-corrected chi connectivity index (χ1v) is 4.21. The average molecular weight is 220 g/mol. The van der Waals surface area contributed by atoms with Crippen LogP contribution in [0.3, 0.4) is 0 Å². The second-order valence-corrected chi connectivity index (χ2v) is 2.87. The summed E-state index contributed by atoms with van der Waals surface area (Å²) in [7, 11) is 0. The fourth-order valence-corrected chi connectivity index (χ4v) is 0.955. The summed E-state index contributed by atoms with van der Waals surface area (Å²) < 4.78 is 26.3. The standard InChI is InChI=1S/C11H6F2N2O/c12-9-5-8(6-14)10(13)4-7(9)2-1-3-11(15)16/h4-5H,3H2,(H2,15,16). The Morgan fingerprint density at radius 3 is 2.44 bits per heavy atom. The number of rotatable bonds is 1. The highest BCUT2D eigenvalue weighted by Crippen LogP contribution is 2.13. The number of nitrogens with two attached hydrogens (primary N) is 1. The molecule has 5 heteroatoms. The Labute approximate surface area is 90.5 Å². The molecule has 80 valence electrons. The third-order valence-corrected chi connectivity index (χ3v) is 1.66. The molecule has 0 unspecified atom stereocenters. The van der Waals surface area contributed by atoms with Crippen LogP contribution in [0.2, 0.25) is 0 Å². The lowest BCUT2D eigenvalue weighted by atomic mass is 10.1. The minimum atomic E-state index is -0.854. The van der Waals surface area contributed by atoms with Gasteiger partial charge in [-0.15, -0.1) is 0 Å². The van der Waals surface area contributed by atoms with Gasteiger partial charge in [-0.1, -0.05) is 11.8 Å². The number of carbonyl (C=O) groups is 1. The minimum absolute atomic E-state index is 0.210. The Bertz CT molecular complexity index is 535. The molecule has 3 nitrogen and oxygen atoms in total. The Balaban J connectivity index is 3.06. The van der Waals surface area contributed by atoms with Gasteiger partial charge in [-0.3, -0.25) is 4.79 Å². The lowest BCUT2D eigenvalue weighted by Gasteiger charge is -1.96. The maximum atomic E-state index is 13.2. The van der Waals surface area contributed by atoms with Crippen LogP contribution in [0.1, 0.15) is 17.5 Å². The fraction of sp³-hybridized carbons (Fsp3) is 0.0909. The molecule has 2 N–H and O–H groups in total. The highest BCUT2D eigenvalue weighted by molar-refractivity contribution is 5.76. The number of carbonyl (C=O) groups excluding carboxylic acids is 1. The van der Waals surface area contributed by atoms with Crippen molar-refractivity contribution >= 4 is 5.91 Å². The summed E-state index contributed by atoms with van der Waals surface area (Å²) in [6, 6.07) is 3.06. The van der Waals surface area contributed by atoms with Crippen LogP contribution in [0.15, 0.2) is 12.1 Å². The van der Waals surface area contributed by atoms with Crippen LogP contribution in [-0.4, -0.2) is 5.91 Å². The quantitative estimate of drug-likeness (QED) is 0.719. The van der Waals surface area contributed by atoms with Crippen molar-refractivity contribution in [2.75, 3.05) is 0 Å². The first-order chi connectivity index (χ1) is 7.54. The van der Waals surface area contributed by atoms with E-state index in [1.807, 2.05) is 0 Å². The van der Waals surface area contributed by atoms with Crippen LogP contribution >= 0.6 is 0 Å². The Hall–Kier alpha value is -2.40. The lowest BCUT2D eigenvalue weighted by Crippen LogP contribution is -2.08. The molecule has 0 fully saturated rings. The van der Waals surface area contributed by atoms with E-state index in [-0.39, 0.29) is 12.0 Å². The predicted octanol–water partition coefficient (Wildman–Crippen LogP) is 1.06. The number of nitrogens with zero attached hydrogens (tertiary/aromatic N) is 1. The van der Waals surface area contributed by atoms with Crippen LogP contribution in [-0.2, 0) is 4.79 Å². The van der Waals surface area contributed by atoms with Crippen LogP contribution in [0.5, 0.6) is 0 Å². The molecule has 0 bridgehead atoms. The van der Waals surface area contributed by atoms with Crippen LogP contribution in [0, 0.1) is 34.8 Å². The zero-order valence-electron chi connectivity index (χ0n) is 8.05. The van der Waals surface area contributed by atoms with E-state index in [9.17, 15) is 13.6 Å². The smallest absolute Gasteiger partial charge is 0.229 e. The second-order valence-electron chi connectivity index (χ2n) is 2.87. The summed E-state index contributed by atoms with van der Waals surface area (Å²) >= 11 is 0. The van der Waals surface area contributed by atoms with E-state index in [4.69, 9.17) is 11.0 Å². The largest absolute Gasteiger partial charge is 0.369 e. The lowest BCUT2D eigenvalue weighted by molar-refractivity contribution is -0.117. The van der Waals surface area contributed by atoms with E-state index in [0.29, 0.717) is 0 Å². The van der Waals surface area contributed by atoms with Gasteiger partial charge in [0.25, 0.3) is 0 Å². The van der Waals surface area contributed by atoms with Gasteiger partial charge in [0, 0.05) is 0 Å². The predicted molar refractivity (Wildman–Crippen MR) is 51.8 cm³/mol. The number of nitriles is 1. The molecular weight excluding hydrogens is 214 g/mol. The van der Waals surface area contributed by atoms with Gasteiger partial charge < -0.3 is 5.73 Å². The van der Waals surface area contributed by atoms with E-state index in [1.165, 1.54) is 6.07 Å². The molecule has 0 aromatic heterocycles. The minimum Gasteiger partial charge on any atom is -0.369 e. The average Bonchev–Trinajstić information content (AvgIpc) is 2.22. The number of primary amides is 1. The Morgan fingerprint density at radius 2 is 1.88 bits per heavy atom. The maximum absolute atomic E-state index is 13.2. The van der Waals surface area contributed by atoms with Gasteiger partial charge in [0.15, 0.2) is 0 Å². The van der Waals surface area contributed by atoms with Crippen LogP contribution in [0.4, 0.5) is 8.78 Å². The molecule has 16 heavy (non-hydrogen) atoms. The molecule has 0 spiro atoms. The Kier molecular flexibility index (Phi) is 3.58. The number of hydrogen-bond donors (Lipinski definition) is 1. The number of hydrogen-bond acceptors (Lipinski definition) is 2. The molecule has 0 aliphatic heterocycles. The first-order valence-electron chi connectivity index (χ1n) is 4.21. The van der Waals surface area contributed by atoms with Crippen molar-refractivity contribution in [3.8, 4) is 17.9 Å². The number of amides is 1. The normalized spacial score (nSPS) is 8.81. The van der Waals surface area contributed by atoms with E-state index < -0.39 is 23.1 Å². The monoisotopic (exact) mass is 220 g/mol. The molecule has 1 amide bonds. The van der Waals surface area contributed by atoms with Crippen LogP contribution in [0.25, 0.3) is 0 Å². The number of halogens is 2. The molecule has 0 aliphatic carbocycles. The third kappa shape index (κ3) is 2.79. The summed E-state index contributed by atoms with van der Waals surface area (Å²) in [5.74, 6) is 2.24. The van der Waals surface area contributed by atoms with E-state index >= 15 is 0 Å². The molecule has 0 atom stereocenters. The molecule has 0 aliphatic rings. The van der Waals surface area contributed by atoms with E-state index in [2.05, 4.69) is 11.8 Å². The van der Waals surface area contributed by atoms with Gasteiger partial charge in [0.1, 0.15) is 17.7 Å². The Morgan fingerprint density at radius 1 is 1.31 bits per heavy atom. The van der Waals surface area contributed by atoms with Crippen molar-refractivity contribution in [1.29, 1.82) is 5.26 Å². The second kappa shape index (κ2) is 4.90. The van der Waals surface area contributed by atoms with Crippen molar-refractivity contribution in [3.05, 3.63) is 34.9 Å². The van der Waals surface area contributed by atoms with Gasteiger partial charge >= 0.3 is 0 Å². The molecule has 0 saturated heterocycles. The number of benzene rings is 1. The van der Waals surface area contributed by atoms with E-state index in [1.54, 1.807) is 0 Å².